The van der Waals surface area contributed by atoms with Crippen molar-refractivity contribution in [3.8, 4) is 0 Å². The summed E-state index contributed by atoms with van der Waals surface area (Å²) in [5, 5.41) is 0. The molecule has 2 nitrogen and oxygen atoms in total. The Kier molecular flexibility index (Phi) is 3.23. The lowest BCUT2D eigenvalue weighted by Crippen LogP contribution is -2.37. The minimum Gasteiger partial charge on any atom is -0.361 e. The van der Waals surface area contributed by atoms with Crippen molar-refractivity contribution >= 4 is 0 Å². The lowest BCUT2D eigenvalue weighted by Gasteiger charge is -2.29. The Morgan fingerprint density at radius 3 is 3.00 bits per heavy atom. The highest BCUT2D eigenvalue weighted by atomic mass is 16.5. The highest BCUT2D eigenvalue weighted by Gasteiger charge is 2.35. The molecule has 0 N–H and O–H groups in total. The van der Waals surface area contributed by atoms with Crippen molar-refractivity contribution in [3.63, 3.8) is 0 Å². The van der Waals surface area contributed by atoms with Crippen LogP contribution in [-0.4, -0.2) is 30.3 Å². The van der Waals surface area contributed by atoms with Gasteiger partial charge >= 0.3 is 0 Å². The van der Waals surface area contributed by atoms with E-state index in [1.807, 2.05) is 0 Å². The summed E-state index contributed by atoms with van der Waals surface area (Å²) >= 11 is 0. The summed E-state index contributed by atoms with van der Waals surface area (Å²) < 4.78 is 5.79. The predicted molar refractivity (Wildman–Crippen MR) is 53.6 cm³/mol. The van der Waals surface area contributed by atoms with E-state index in [0.29, 0.717) is 6.10 Å². The minimum absolute atomic E-state index is 0.575. The summed E-state index contributed by atoms with van der Waals surface area (Å²) in [5.41, 5.74) is 0. The van der Waals surface area contributed by atoms with Crippen LogP contribution in [0.3, 0.4) is 0 Å². The predicted octanol–water partition coefficient (Wildman–Crippen LogP) is 2.39. The summed E-state index contributed by atoms with van der Waals surface area (Å²) in [6.45, 7) is 4.41. The third kappa shape index (κ3) is 2.05. The highest BCUT2D eigenvalue weighted by molar-refractivity contribution is 4.87. The molecular formula is C11H21NO. The largest absolute Gasteiger partial charge is 0.361 e. The van der Waals surface area contributed by atoms with Gasteiger partial charge < -0.3 is 4.74 Å². The topological polar surface area (TPSA) is 12.5 Å². The maximum atomic E-state index is 5.79. The summed E-state index contributed by atoms with van der Waals surface area (Å²) in [7, 11) is 0. The number of rotatable bonds is 3. The van der Waals surface area contributed by atoms with Crippen molar-refractivity contribution in [2.75, 3.05) is 13.3 Å². The smallest absolute Gasteiger partial charge is 0.0998 e. The maximum absolute atomic E-state index is 5.79. The van der Waals surface area contributed by atoms with E-state index in [2.05, 4.69) is 11.8 Å². The molecule has 0 aromatic carbocycles. The molecule has 1 saturated carbocycles. The average molecular weight is 183 g/mol. The number of ether oxygens (including phenoxy) is 1. The molecule has 0 aromatic heterocycles. The van der Waals surface area contributed by atoms with Gasteiger partial charge in [-0.2, -0.15) is 0 Å². The quantitative estimate of drug-likeness (QED) is 0.666. The molecular weight excluding hydrogens is 162 g/mol. The third-order valence-corrected chi connectivity index (χ3v) is 3.39. The van der Waals surface area contributed by atoms with Crippen molar-refractivity contribution in [1.29, 1.82) is 0 Å². The fourth-order valence-corrected chi connectivity index (χ4v) is 2.57. The first-order valence-corrected chi connectivity index (χ1v) is 5.77. The summed E-state index contributed by atoms with van der Waals surface area (Å²) in [5.74, 6) is 0. The van der Waals surface area contributed by atoms with Gasteiger partial charge in [0.2, 0.25) is 0 Å². The van der Waals surface area contributed by atoms with E-state index >= 15 is 0 Å². The summed E-state index contributed by atoms with van der Waals surface area (Å²) in [6.07, 6.45) is 8.66. The first kappa shape index (κ1) is 9.47. The van der Waals surface area contributed by atoms with Gasteiger partial charge in [-0.25, -0.2) is 0 Å². The van der Waals surface area contributed by atoms with Crippen LogP contribution in [0.15, 0.2) is 0 Å². The van der Waals surface area contributed by atoms with Crippen LogP contribution in [-0.2, 0) is 4.74 Å². The molecule has 2 fully saturated rings. The standard InChI is InChI=1S/C11H21NO/c1-2-3-8-12-9-13-11-7-5-4-6-10(11)12/h10-11H,2-9H2,1H3. The molecule has 0 bridgehead atoms. The zero-order valence-corrected chi connectivity index (χ0v) is 8.67. The Labute approximate surface area is 81.3 Å². The van der Waals surface area contributed by atoms with Crippen LogP contribution >= 0.6 is 0 Å². The van der Waals surface area contributed by atoms with E-state index in [9.17, 15) is 0 Å². The molecule has 1 saturated heterocycles. The number of hydrogen-bond donors (Lipinski definition) is 0. The molecule has 0 spiro atoms. The molecule has 1 aliphatic carbocycles. The van der Waals surface area contributed by atoms with Crippen LogP contribution in [0.1, 0.15) is 45.4 Å². The van der Waals surface area contributed by atoms with Gasteiger partial charge in [-0.3, -0.25) is 4.90 Å². The van der Waals surface area contributed by atoms with Crippen LogP contribution in [0.5, 0.6) is 0 Å². The Bertz CT molecular complexity index is 160. The second-order valence-corrected chi connectivity index (χ2v) is 4.35. The van der Waals surface area contributed by atoms with Crippen LogP contribution < -0.4 is 0 Å². The molecule has 2 atom stereocenters. The molecule has 1 heterocycles. The van der Waals surface area contributed by atoms with Crippen molar-refractivity contribution in [1.82, 2.24) is 4.90 Å². The Hall–Kier alpha value is -0.0800. The van der Waals surface area contributed by atoms with Crippen molar-refractivity contribution < 1.29 is 4.74 Å². The molecule has 2 heteroatoms. The van der Waals surface area contributed by atoms with Crippen LogP contribution in [0.2, 0.25) is 0 Å². The van der Waals surface area contributed by atoms with Gasteiger partial charge in [-0.15, -0.1) is 0 Å². The van der Waals surface area contributed by atoms with Crippen LogP contribution in [0.4, 0.5) is 0 Å². The monoisotopic (exact) mass is 183 g/mol. The molecule has 0 radical (unpaired) electrons. The van der Waals surface area contributed by atoms with E-state index in [0.717, 1.165) is 12.8 Å². The fourth-order valence-electron chi connectivity index (χ4n) is 2.57. The molecule has 0 aromatic rings. The number of hydrogen-bond acceptors (Lipinski definition) is 2. The van der Waals surface area contributed by atoms with Crippen molar-refractivity contribution in [2.24, 2.45) is 0 Å². The van der Waals surface area contributed by atoms with E-state index in [1.165, 1.54) is 45.1 Å². The summed E-state index contributed by atoms with van der Waals surface area (Å²) in [6, 6.07) is 0.764. The SMILES string of the molecule is CCCCN1COC2CCCCC21. The van der Waals surface area contributed by atoms with Gasteiger partial charge in [0.1, 0.15) is 0 Å². The van der Waals surface area contributed by atoms with Gasteiger partial charge in [0.15, 0.2) is 0 Å². The average Bonchev–Trinajstić information content (AvgIpc) is 2.58. The second kappa shape index (κ2) is 4.43. The van der Waals surface area contributed by atoms with Crippen molar-refractivity contribution in [3.05, 3.63) is 0 Å². The van der Waals surface area contributed by atoms with E-state index in [-0.39, 0.29) is 0 Å². The first-order chi connectivity index (χ1) is 6.42. The molecule has 0 amide bonds. The zero-order valence-electron chi connectivity index (χ0n) is 8.67. The van der Waals surface area contributed by atoms with Crippen molar-refractivity contribution in [2.45, 2.75) is 57.6 Å². The fraction of sp³-hybridized carbons (Fsp3) is 1.00. The van der Waals surface area contributed by atoms with E-state index in [1.54, 1.807) is 0 Å². The number of unbranched alkanes of at least 4 members (excludes halogenated alkanes) is 1. The summed E-state index contributed by atoms with van der Waals surface area (Å²) in [4.78, 5) is 2.55. The minimum atomic E-state index is 0.575. The molecule has 2 aliphatic rings. The third-order valence-electron chi connectivity index (χ3n) is 3.39. The van der Waals surface area contributed by atoms with E-state index in [4.69, 9.17) is 4.74 Å². The van der Waals surface area contributed by atoms with Gasteiger partial charge in [0.25, 0.3) is 0 Å². The molecule has 1 aliphatic heterocycles. The molecule has 2 rings (SSSR count). The molecule has 13 heavy (non-hydrogen) atoms. The highest BCUT2D eigenvalue weighted by Crippen LogP contribution is 2.30. The number of fused-ring (bicyclic) bond motifs is 1. The van der Waals surface area contributed by atoms with Crippen LogP contribution in [0, 0.1) is 0 Å². The number of nitrogens with zero attached hydrogens (tertiary/aromatic N) is 1. The second-order valence-electron chi connectivity index (χ2n) is 4.35. The first-order valence-electron chi connectivity index (χ1n) is 5.77. The maximum Gasteiger partial charge on any atom is 0.0998 e. The normalized spacial score (nSPS) is 34.8. The van der Waals surface area contributed by atoms with Gasteiger partial charge in [0.05, 0.1) is 12.8 Å². The van der Waals surface area contributed by atoms with Gasteiger partial charge in [-0.05, 0) is 19.3 Å². The molecule has 2 unspecified atom stereocenters. The van der Waals surface area contributed by atoms with E-state index < -0.39 is 0 Å². The zero-order chi connectivity index (χ0) is 9.10. The van der Waals surface area contributed by atoms with Gasteiger partial charge in [-0.1, -0.05) is 26.2 Å². The van der Waals surface area contributed by atoms with Gasteiger partial charge in [0, 0.05) is 12.6 Å². The molecule has 76 valence electrons. The van der Waals surface area contributed by atoms with Crippen LogP contribution in [0.25, 0.3) is 0 Å². The Morgan fingerprint density at radius 2 is 2.15 bits per heavy atom. The lowest BCUT2D eigenvalue weighted by molar-refractivity contribution is 0.0765. The Balaban J connectivity index is 1.84. The Morgan fingerprint density at radius 1 is 1.31 bits per heavy atom. The lowest BCUT2D eigenvalue weighted by atomic mass is 9.92.